The minimum absolute atomic E-state index is 0.0270. The van der Waals surface area contributed by atoms with Crippen LogP contribution in [0.5, 0.6) is 5.88 Å². The van der Waals surface area contributed by atoms with Gasteiger partial charge in [0.1, 0.15) is 5.60 Å². The Labute approximate surface area is 139 Å². The van der Waals surface area contributed by atoms with Gasteiger partial charge in [-0.1, -0.05) is 6.07 Å². The number of rotatable bonds is 3. The molecule has 1 aromatic rings. The van der Waals surface area contributed by atoms with E-state index in [0.29, 0.717) is 5.88 Å². The van der Waals surface area contributed by atoms with Gasteiger partial charge in [0.25, 0.3) is 0 Å². The summed E-state index contributed by atoms with van der Waals surface area (Å²) in [7, 11) is 0. The molecule has 1 saturated heterocycles. The van der Waals surface area contributed by atoms with Crippen LogP contribution in [0.25, 0.3) is 0 Å². The topological polar surface area (TPSA) is 51.7 Å². The average Bonchev–Trinajstić information content (AvgIpc) is 2.46. The van der Waals surface area contributed by atoms with Gasteiger partial charge >= 0.3 is 6.09 Å². The van der Waals surface area contributed by atoms with E-state index in [1.165, 1.54) is 0 Å². The second kappa shape index (κ2) is 7.20. The SMILES string of the molecule is CC(C)Oc1ccc(C2CCCCN2C(=O)OC(C)(C)C)cn1. The molecule has 1 aliphatic heterocycles. The largest absolute Gasteiger partial charge is 0.475 e. The van der Waals surface area contributed by atoms with Crippen LogP contribution in [0.3, 0.4) is 0 Å². The zero-order valence-corrected chi connectivity index (χ0v) is 14.8. The van der Waals surface area contributed by atoms with Crippen LogP contribution in [0.15, 0.2) is 18.3 Å². The van der Waals surface area contributed by atoms with E-state index >= 15 is 0 Å². The van der Waals surface area contributed by atoms with Crippen molar-refractivity contribution in [1.82, 2.24) is 9.88 Å². The summed E-state index contributed by atoms with van der Waals surface area (Å²) in [6.45, 7) is 10.3. The first-order chi connectivity index (χ1) is 10.8. The number of nitrogens with zero attached hydrogens (tertiary/aromatic N) is 2. The number of hydrogen-bond acceptors (Lipinski definition) is 4. The Balaban J connectivity index is 2.13. The van der Waals surface area contributed by atoms with E-state index in [0.717, 1.165) is 31.4 Å². The van der Waals surface area contributed by atoms with E-state index < -0.39 is 5.60 Å². The predicted molar refractivity (Wildman–Crippen MR) is 89.5 cm³/mol. The van der Waals surface area contributed by atoms with Crippen molar-refractivity contribution in [1.29, 1.82) is 0 Å². The van der Waals surface area contributed by atoms with Crippen molar-refractivity contribution in [2.24, 2.45) is 0 Å². The molecule has 23 heavy (non-hydrogen) atoms. The summed E-state index contributed by atoms with van der Waals surface area (Å²) in [5.41, 5.74) is 0.554. The van der Waals surface area contributed by atoms with Crippen LogP contribution < -0.4 is 4.74 Å². The lowest BCUT2D eigenvalue weighted by Crippen LogP contribution is -2.41. The lowest BCUT2D eigenvalue weighted by atomic mass is 9.97. The Bertz CT molecular complexity index is 520. The van der Waals surface area contributed by atoms with Gasteiger partial charge in [-0.15, -0.1) is 0 Å². The standard InChI is InChI=1S/C18H28N2O3/c1-13(2)22-16-10-9-14(12-19-16)15-8-6-7-11-20(15)17(21)23-18(3,4)5/h9-10,12-13,15H,6-8,11H2,1-5H3. The van der Waals surface area contributed by atoms with Crippen LogP contribution >= 0.6 is 0 Å². The number of hydrogen-bond donors (Lipinski definition) is 0. The molecule has 1 aliphatic rings. The fraction of sp³-hybridized carbons (Fsp3) is 0.667. The molecule has 1 fully saturated rings. The summed E-state index contributed by atoms with van der Waals surface area (Å²) >= 11 is 0. The van der Waals surface area contributed by atoms with Gasteiger partial charge in [-0.3, -0.25) is 0 Å². The highest BCUT2D eigenvalue weighted by molar-refractivity contribution is 5.69. The monoisotopic (exact) mass is 320 g/mol. The van der Waals surface area contributed by atoms with Crippen molar-refractivity contribution in [3.05, 3.63) is 23.9 Å². The first-order valence-corrected chi connectivity index (χ1v) is 8.38. The van der Waals surface area contributed by atoms with Crippen LogP contribution in [-0.2, 0) is 4.74 Å². The fourth-order valence-corrected chi connectivity index (χ4v) is 2.72. The maximum Gasteiger partial charge on any atom is 0.410 e. The molecule has 1 aromatic heterocycles. The van der Waals surface area contributed by atoms with Crippen LogP contribution in [0.1, 0.15) is 65.5 Å². The van der Waals surface area contributed by atoms with Crippen LogP contribution in [0.4, 0.5) is 4.79 Å². The molecule has 0 spiro atoms. The molecule has 0 saturated carbocycles. The molecule has 1 atom stereocenters. The van der Waals surface area contributed by atoms with Crippen molar-refractivity contribution in [3.8, 4) is 5.88 Å². The van der Waals surface area contributed by atoms with E-state index in [-0.39, 0.29) is 18.2 Å². The molecular weight excluding hydrogens is 292 g/mol. The summed E-state index contributed by atoms with van der Waals surface area (Å²) in [5, 5.41) is 0. The smallest absolute Gasteiger partial charge is 0.410 e. The van der Waals surface area contributed by atoms with Gasteiger partial charge in [-0.2, -0.15) is 0 Å². The lowest BCUT2D eigenvalue weighted by Gasteiger charge is -2.36. The molecule has 1 unspecified atom stereocenters. The van der Waals surface area contributed by atoms with Gasteiger partial charge in [0.2, 0.25) is 5.88 Å². The Morgan fingerprint density at radius 1 is 1.30 bits per heavy atom. The minimum Gasteiger partial charge on any atom is -0.475 e. The summed E-state index contributed by atoms with van der Waals surface area (Å²) in [6.07, 6.45) is 4.72. The number of piperidine rings is 1. The van der Waals surface area contributed by atoms with Gasteiger partial charge in [-0.05, 0) is 59.4 Å². The number of ether oxygens (including phenoxy) is 2. The van der Waals surface area contributed by atoms with Gasteiger partial charge in [-0.25, -0.2) is 9.78 Å². The molecule has 1 amide bonds. The quantitative estimate of drug-likeness (QED) is 0.831. The van der Waals surface area contributed by atoms with Crippen LogP contribution in [0.2, 0.25) is 0 Å². The third kappa shape index (κ3) is 5.12. The zero-order chi connectivity index (χ0) is 17.0. The van der Waals surface area contributed by atoms with Crippen molar-refractivity contribution in [3.63, 3.8) is 0 Å². The number of carbonyl (C=O) groups excluding carboxylic acids is 1. The highest BCUT2D eigenvalue weighted by Crippen LogP contribution is 2.32. The summed E-state index contributed by atoms with van der Waals surface area (Å²) in [5.74, 6) is 0.614. The zero-order valence-electron chi connectivity index (χ0n) is 14.8. The molecule has 2 rings (SSSR count). The number of carbonyl (C=O) groups is 1. The van der Waals surface area contributed by atoms with E-state index in [1.54, 1.807) is 0 Å². The molecular formula is C18H28N2O3. The van der Waals surface area contributed by atoms with Gasteiger partial charge < -0.3 is 14.4 Å². The third-order valence-electron chi connectivity index (χ3n) is 3.63. The minimum atomic E-state index is -0.480. The average molecular weight is 320 g/mol. The van der Waals surface area contributed by atoms with E-state index in [2.05, 4.69) is 4.98 Å². The van der Waals surface area contributed by atoms with Crippen molar-refractivity contribution >= 4 is 6.09 Å². The first-order valence-electron chi connectivity index (χ1n) is 8.38. The normalized spacial score (nSPS) is 18.9. The van der Waals surface area contributed by atoms with Crippen LogP contribution in [-0.4, -0.2) is 34.2 Å². The fourth-order valence-electron chi connectivity index (χ4n) is 2.72. The molecule has 0 aliphatic carbocycles. The summed E-state index contributed by atoms with van der Waals surface area (Å²) in [4.78, 5) is 18.7. The van der Waals surface area contributed by atoms with Gasteiger partial charge in [0.15, 0.2) is 0 Å². The number of likely N-dealkylation sites (tertiary alicyclic amines) is 1. The molecule has 0 aromatic carbocycles. The Kier molecular flexibility index (Phi) is 5.50. The maximum atomic E-state index is 12.5. The van der Waals surface area contributed by atoms with Crippen LogP contribution in [0, 0.1) is 0 Å². The third-order valence-corrected chi connectivity index (χ3v) is 3.63. The highest BCUT2D eigenvalue weighted by Gasteiger charge is 2.31. The Hall–Kier alpha value is -1.78. The second-order valence-corrected chi connectivity index (χ2v) is 7.28. The number of amides is 1. The molecule has 128 valence electrons. The second-order valence-electron chi connectivity index (χ2n) is 7.28. The molecule has 0 radical (unpaired) electrons. The number of pyridine rings is 1. The molecule has 5 nitrogen and oxygen atoms in total. The lowest BCUT2D eigenvalue weighted by molar-refractivity contribution is 0.00948. The molecule has 2 heterocycles. The Morgan fingerprint density at radius 3 is 2.61 bits per heavy atom. The van der Waals surface area contributed by atoms with Crippen molar-refractivity contribution in [2.45, 2.75) is 71.6 Å². The van der Waals surface area contributed by atoms with E-state index in [9.17, 15) is 4.79 Å². The van der Waals surface area contributed by atoms with Crippen molar-refractivity contribution < 1.29 is 14.3 Å². The maximum absolute atomic E-state index is 12.5. The molecule has 0 bridgehead atoms. The first kappa shape index (κ1) is 17.6. The molecule has 5 heteroatoms. The van der Waals surface area contributed by atoms with E-state index in [4.69, 9.17) is 9.47 Å². The van der Waals surface area contributed by atoms with Gasteiger partial charge in [0.05, 0.1) is 12.1 Å². The van der Waals surface area contributed by atoms with E-state index in [1.807, 2.05) is 57.8 Å². The summed E-state index contributed by atoms with van der Waals surface area (Å²) in [6, 6.07) is 3.90. The number of aromatic nitrogens is 1. The Morgan fingerprint density at radius 2 is 2.04 bits per heavy atom. The van der Waals surface area contributed by atoms with Gasteiger partial charge in [0, 0.05) is 18.8 Å². The van der Waals surface area contributed by atoms with Crippen molar-refractivity contribution in [2.75, 3.05) is 6.54 Å². The predicted octanol–water partition coefficient (Wildman–Crippen LogP) is 4.33. The summed E-state index contributed by atoms with van der Waals surface area (Å²) < 4.78 is 11.1. The highest BCUT2D eigenvalue weighted by atomic mass is 16.6. The molecule has 0 N–H and O–H groups in total.